The van der Waals surface area contributed by atoms with E-state index in [2.05, 4.69) is 10.3 Å². The summed E-state index contributed by atoms with van der Waals surface area (Å²) < 4.78 is 5.18. The maximum absolute atomic E-state index is 12.1. The van der Waals surface area contributed by atoms with Gasteiger partial charge in [0.2, 0.25) is 0 Å². The van der Waals surface area contributed by atoms with Crippen molar-refractivity contribution >= 4 is 17.4 Å². The van der Waals surface area contributed by atoms with Crippen molar-refractivity contribution in [2.75, 3.05) is 12.4 Å². The van der Waals surface area contributed by atoms with Gasteiger partial charge in [0.05, 0.1) is 12.8 Å². The van der Waals surface area contributed by atoms with Crippen LogP contribution in [0.3, 0.4) is 0 Å². The van der Waals surface area contributed by atoms with E-state index >= 15 is 0 Å². The van der Waals surface area contributed by atoms with E-state index in [1.54, 1.807) is 30.3 Å². The Hall–Kier alpha value is -2.69. The molecule has 0 aliphatic carbocycles. The minimum absolute atomic E-state index is 0.0768. The molecule has 20 heavy (non-hydrogen) atoms. The van der Waals surface area contributed by atoms with E-state index in [-0.39, 0.29) is 11.7 Å². The van der Waals surface area contributed by atoms with Gasteiger partial charge in [0.25, 0.3) is 5.91 Å². The van der Waals surface area contributed by atoms with Gasteiger partial charge in [0.15, 0.2) is 5.78 Å². The van der Waals surface area contributed by atoms with Crippen LogP contribution in [0.5, 0.6) is 5.75 Å². The minimum atomic E-state index is -0.286. The van der Waals surface area contributed by atoms with Crippen LogP contribution in [0, 0.1) is 0 Å². The van der Waals surface area contributed by atoms with Crippen LogP contribution in [0.1, 0.15) is 27.6 Å². The number of carbonyl (C=O) groups is 2. The number of Topliss-reactive ketones (excluding diaryl/α,β-unsaturated/α-hetero) is 1. The van der Waals surface area contributed by atoms with Gasteiger partial charge in [-0.1, -0.05) is 0 Å². The molecule has 0 fully saturated rings. The Morgan fingerprint density at radius 3 is 2.40 bits per heavy atom. The van der Waals surface area contributed by atoms with Crippen LogP contribution in [0.2, 0.25) is 0 Å². The first-order chi connectivity index (χ1) is 9.61. The lowest BCUT2D eigenvalue weighted by atomic mass is 10.1. The maximum atomic E-state index is 12.1. The Kier molecular flexibility index (Phi) is 4.10. The maximum Gasteiger partial charge on any atom is 0.255 e. The number of pyridine rings is 1. The molecule has 0 saturated carbocycles. The zero-order valence-electron chi connectivity index (χ0n) is 11.2. The normalized spacial score (nSPS) is 9.90. The van der Waals surface area contributed by atoms with Crippen LogP contribution in [0.15, 0.2) is 42.7 Å². The summed E-state index contributed by atoms with van der Waals surface area (Å²) in [5.41, 5.74) is 1.45. The number of carbonyl (C=O) groups excluding carboxylic acids is 2. The molecule has 0 spiro atoms. The fourth-order valence-corrected chi connectivity index (χ4v) is 1.72. The van der Waals surface area contributed by atoms with Crippen LogP contribution < -0.4 is 10.1 Å². The molecule has 1 heterocycles. The predicted molar refractivity (Wildman–Crippen MR) is 75.2 cm³/mol. The zero-order chi connectivity index (χ0) is 14.5. The topological polar surface area (TPSA) is 68.3 Å². The number of ketones is 1. The number of aromatic nitrogens is 1. The number of rotatable bonds is 4. The number of methoxy groups -OCH3 is 1. The Balaban J connectivity index is 2.30. The Morgan fingerprint density at radius 2 is 1.80 bits per heavy atom. The fraction of sp³-hybridized carbons (Fsp3) is 0.133. The quantitative estimate of drug-likeness (QED) is 0.867. The van der Waals surface area contributed by atoms with E-state index in [1.165, 1.54) is 26.4 Å². The molecular weight excluding hydrogens is 256 g/mol. The summed E-state index contributed by atoms with van der Waals surface area (Å²) in [7, 11) is 1.50. The standard InChI is InChI=1S/C15H14N2O3/c1-10(18)12-3-4-14(20-2)13(9-12)17-15(19)11-5-7-16-8-6-11/h3-9H,1-2H3,(H,17,19). The number of benzene rings is 1. The van der Waals surface area contributed by atoms with E-state index in [1.807, 2.05) is 0 Å². The number of hydrogen-bond acceptors (Lipinski definition) is 4. The number of amides is 1. The first-order valence-corrected chi connectivity index (χ1v) is 6.02. The van der Waals surface area contributed by atoms with Crippen LogP contribution in [0.4, 0.5) is 5.69 Å². The van der Waals surface area contributed by atoms with E-state index in [0.29, 0.717) is 22.6 Å². The number of anilines is 1. The molecule has 1 aromatic heterocycles. The van der Waals surface area contributed by atoms with Crippen molar-refractivity contribution in [3.05, 3.63) is 53.9 Å². The molecule has 0 atom stereocenters. The summed E-state index contributed by atoms with van der Waals surface area (Å²) in [5.74, 6) is 0.135. The summed E-state index contributed by atoms with van der Waals surface area (Å²) in [6.07, 6.45) is 3.08. The van der Waals surface area contributed by atoms with Gasteiger partial charge < -0.3 is 10.1 Å². The molecule has 1 N–H and O–H groups in total. The Labute approximate surface area is 116 Å². The molecule has 0 aliphatic rings. The first-order valence-electron chi connectivity index (χ1n) is 6.02. The average Bonchev–Trinajstić information content (AvgIpc) is 2.48. The molecule has 102 valence electrons. The fourth-order valence-electron chi connectivity index (χ4n) is 1.72. The summed E-state index contributed by atoms with van der Waals surface area (Å²) in [4.78, 5) is 27.3. The third-order valence-electron chi connectivity index (χ3n) is 2.80. The molecule has 5 nitrogen and oxygen atoms in total. The smallest absolute Gasteiger partial charge is 0.255 e. The predicted octanol–water partition coefficient (Wildman–Crippen LogP) is 2.55. The van der Waals surface area contributed by atoms with Crippen molar-refractivity contribution < 1.29 is 14.3 Å². The van der Waals surface area contributed by atoms with Crippen molar-refractivity contribution in [1.82, 2.24) is 4.98 Å². The molecule has 0 unspecified atom stereocenters. The van der Waals surface area contributed by atoms with Crippen molar-refractivity contribution in [1.29, 1.82) is 0 Å². The molecular formula is C15H14N2O3. The lowest BCUT2D eigenvalue weighted by Crippen LogP contribution is -2.13. The average molecular weight is 270 g/mol. The highest BCUT2D eigenvalue weighted by molar-refractivity contribution is 6.06. The first kappa shape index (κ1) is 13.7. The third-order valence-corrected chi connectivity index (χ3v) is 2.80. The van der Waals surface area contributed by atoms with Gasteiger partial charge in [-0.3, -0.25) is 14.6 Å². The van der Waals surface area contributed by atoms with Gasteiger partial charge in [-0.15, -0.1) is 0 Å². The second-order valence-corrected chi connectivity index (χ2v) is 4.16. The molecule has 0 saturated heterocycles. The largest absolute Gasteiger partial charge is 0.495 e. The zero-order valence-corrected chi connectivity index (χ0v) is 11.2. The van der Waals surface area contributed by atoms with Crippen molar-refractivity contribution in [3.63, 3.8) is 0 Å². The number of nitrogens with one attached hydrogen (secondary N) is 1. The summed E-state index contributed by atoms with van der Waals surface area (Å²) in [5, 5.41) is 2.73. The number of ether oxygens (including phenoxy) is 1. The third kappa shape index (κ3) is 3.00. The molecule has 0 bridgehead atoms. The van der Waals surface area contributed by atoms with Gasteiger partial charge in [-0.05, 0) is 37.3 Å². The number of hydrogen-bond donors (Lipinski definition) is 1. The second kappa shape index (κ2) is 5.97. The lowest BCUT2D eigenvalue weighted by Gasteiger charge is -2.11. The monoisotopic (exact) mass is 270 g/mol. The highest BCUT2D eigenvalue weighted by Gasteiger charge is 2.11. The molecule has 2 aromatic rings. The number of nitrogens with zero attached hydrogens (tertiary/aromatic N) is 1. The Morgan fingerprint density at radius 1 is 1.10 bits per heavy atom. The van der Waals surface area contributed by atoms with Crippen LogP contribution in [-0.2, 0) is 0 Å². The molecule has 2 rings (SSSR count). The van der Waals surface area contributed by atoms with Crippen molar-refractivity contribution in [3.8, 4) is 5.75 Å². The Bertz CT molecular complexity index is 639. The summed E-state index contributed by atoms with van der Waals surface area (Å²) >= 11 is 0. The molecule has 1 amide bonds. The minimum Gasteiger partial charge on any atom is -0.495 e. The van der Waals surface area contributed by atoms with Gasteiger partial charge in [0.1, 0.15) is 5.75 Å². The second-order valence-electron chi connectivity index (χ2n) is 4.16. The molecule has 0 radical (unpaired) electrons. The van der Waals surface area contributed by atoms with Crippen LogP contribution in [0.25, 0.3) is 0 Å². The van der Waals surface area contributed by atoms with E-state index in [4.69, 9.17) is 4.74 Å². The SMILES string of the molecule is COc1ccc(C(C)=O)cc1NC(=O)c1ccncc1. The highest BCUT2D eigenvalue weighted by Crippen LogP contribution is 2.26. The van der Waals surface area contributed by atoms with Crippen LogP contribution in [-0.4, -0.2) is 23.8 Å². The summed E-state index contributed by atoms with van der Waals surface area (Å²) in [6, 6.07) is 8.12. The van der Waals surface area contributed by atoms with Gasteiger partial charge >= 0.3 is 0 Å². The van der Waals surface area contributed by atoms with Crippen molar-refractivity contribution in [2.45, 2.75) is 6.92 Å². The van der Waals surface area contributed by atoms with Gasteiger partial charge in [-0.2, -0.15) is 0 Å². The molecule has 5 heteroatoms. The summed E-state index contributed by atoms with van der Waals surface area (Å²) in [6.45, 7) is 1.47. The highest BCUT2D eigenvalue weighted by atomic mass is 16.5. The van der Waals surface area contributed by atoms with Gasteiger partial charge in [0, 0.05) is 23.5 Å². The van der Waals surface area contributed by atoms with Crippen molar-refractivity contribution in [2.24, 2.45) is 0 Å². The molecule has 0 aliphatic heterocycles. The van der Waals surface area contributed by atoms with E-state index < -0.39 is 0 Å². The molecule has 1 aromatic carbocycles. The lowest BCUT2D eigenvalue weighted by molar-refractivity contribution is 0.101. The van der Waals surface area contributed by atoms with Gasteiger partial charge in [-0.25, -0.2) is 0 Å². The van der Waals surface area contributed by atoms with Crippen LogP contribution >= 0.6 is 0 Å². The van der Waals surface area contributed by atoms with E-state index in [9.17, 15) is 9.59 Å². The van der Waals surface area contributed by atoms with E-state index in [0.717, 1.165) is 0 Å².